The minimum atomic E-state index is -1.17. The molecule has 0 unspecified atom stereocenters. The Morgan fingerprint density at radius 3 is 2.89 bits per heavy atom. The molecule has 0 aliphatic carbocycles. The lowest BCUT2D eigenvalue weighted by atomic mass is 10.3. The quantitative estimate of drug-likeness (QED) is 0.746. The summed E-state index contributed by atoms with van der Waals surface area (Å²) in [6.45, 7) is 0. The van der Waals surface area contributed by atoms with Gasteiger partial charge in [-0.05, 0) is 18.2 Å². The first-order valence-corrected chi connectivity index (χ1v) is 6.10. The number of rotatable bonds is 1. The van der Waals surface area contributed by atoms with Crippen LogP contribution in [0.2, 0.25) is 5.02 Å². The highest BCUT2D eigenvalue weighted by molar-refractivity contribution is 9.10. The second kappa shape index (κ2) is 3.93. The van der Waals surface area contributed by atoms with E-state index in [1.54, 1.807) is 4.40 Å². The van der Waals surface area contributed by atoms with Crippen LogP contribution in [0, 0.1) is 0 Å². The van der Waals surface area contributed by atoms with Gasteiger partial charge in [-0.3, -0.25) is 4.40 Å². The third-order valence-electron chi connectivity index (χ3n) is 2.52. The van der Waals surface area contributed by atoms with E-state index in [1.165, 1.54) is 6.20 Å². The number of carbonyl (C=O) groups is 1. The molecule has 1 aromatic carbocycles. The summed E-state index contributed by atoms with van der Waals surface area (Å²) in [6, 6.07) is 5.55. The lowest BCUT2D eigenvalue weighted by Crippen LogP contribution is -2.03. The summed E-state index contributed by atoms with van der Waals surface area (Å²) in [5.74, 6) is -0.861. The molecule has 0 amide bonds. The van der Waals surface area contributed by atoms with Crippen LogP contribution in [0.15, 0.2) is 28.9 Å². The van der Waals surface area contributed by atoms with Gasteiger partial charge in [0.05, 0.1) is 16.1 Å². The normalized spacial score (nSPS) is 11.2. The van der Waals surface area contributed by atoms with Crippen molar-refractivity contribution in [1.29, 1.82) is 0 Å². The average molecular weight is 327 g/mol. The van der Waals surface area contributed by atoms with Gasteiger partial charge in [0, 0.05) is 10.7 Å². The van der Waals surface area contributed by atoms with Crippen LogP contribution in [0.4, 0.5) is 0 Å². The van der Waals surface area contributed by atoms with E-state index in [9.17, 15) is 4.79 Å². The molecular formula is C11H5BrClN3O2. The smallest absolute Gasteiger partial charge is 0.356 e. The topological polar surface area (TPSA) is 67.5 Å². The lowest BCUT2D eigenvalue weighted by molar-refractivity contribution is 0.0691. The first-order chi connectivity index (χ1) is 8.56. The maximum atomic E-state index is 10.9. The minimum absolute atomic E-state index is 0.0780. The van der Waals surface area contributed by atoms with Gasteiger partial charge in [0.1, 0.15) is 0 Å². The van der Waals surface area contributed by atoms with Crippen molar-refractivity contribution in [3.63, 3.8) is 0 Å². The molecule has 0 aliphatic rings. The Hall–Kier alpha value is -1.66. The van der Waals surface area contributed by atoms with Crippen molar-refractivity contribution in [3.8, 4) is 0 Å². The van der Waals surface area contributed by atoms with Crippen LogP contribution >= 0.6 is 27.5 Å². The van der Waals surface area contributed by atoms with Gasteiger partial charge in [-0.25, -0.2) is 14.8 Å². The molecule has 0 saturated heterocycles. The van der Waals surface area contributed by atoms with Crippen LogP contribution < -0.4 is 0 Å². The molecule has 3 aromatic rings. The summed E-state index contributed by atoms with van der Waals surface area (Å²) < 4.78 is 2.56. The van der Waals surface area contributed by atoms with Crippen LogP contribution in [0.5, 0.6) is 0 Å². The van der Waals surface area contributed by atoms with Crippen molar-refractivity contribution >= 4 is 50.3 Å². The van der Waals surface area contributed by atoms with E-state index in [0.29, 0.717) is 5.78 Å². The Kier molecular flexibility index (Phi) is 2.49. The molecule has 0 spiro atoms. The zero-order valence-electron chi connectivity index (χ0n) is 8.76. The summed E-state index contributed by atoms with van der Waals surface area (Å²) in [5.41, 5.74) is 1.34. The molecule has 0 bridgehead atoms. The molecule has 5 nitrogen and oxygen atoms in total. The van der Waals surface area contributed by atoms with E-state index >= 15 is 0 Å². The number of carboxylic acids is 1. The Morgan fingerprint density at radius 1 is 1.39 bits per heavy atom. The van der Waals surface area contributed by atoms with Gasteiger partial charge in [-0.15, -0.1) is 0 Å². The molecule has 3 rings (SSSR count). The summed E-state index contributed by atoms with van der Waals surface area (Å²) in [7, 11) is 0. The summed E-state index contributed by atoms with van der Waals surface area (Å²) in [5, 5.41) is 9.03. The Morgan fingerprint density at radius 2 is 2.17 bits per heavy atom. The molecule has 0 aliphatic heterocycles. The van der Waals surface area contributed by atoms with Gasteiger partial charge in [0.2, 0.25) is 5.78 Å². The van der Waals surface area contributed by atoms with E-state index in [-0.39, 0.29) is 10.7 Å². The number of nitrogens with zero attached hydrogens (tertiary/aromatic N) is 3. The van der Waals surface area contributed by atoms with Gasteiger partial charge >= 0.3 is 5.97 Å². The van der Waals surface area contributed by atoms with Gasteiger partial charge in [0.25, 0.3) is 0 Å². The number of hydrogen-bond acceptors (Lipinski definition) is 3. The van der Waals surface area contributed by atoms with Crippen molar-refractivity contribution in [2.75, 3.05) is 0 Å². The van der Waals surface area contributed by atoms with Crippen molar-refractivity contribution in [2.24, 2.45) is 0 Å². The minimum Gasteiger partial charge on any atom is -0.476 e. The highest BCUT2D eigenvalue weighted by Gasteiger charge is 2.15. The molecule has 7 heteroatoms. The average Bonchev–Trinajstić information content (AvgIpc) is 2.65. The Balaban J connectivity index is 2.44. The molecular weight excluding hydrogens is 321 g/mol. The van der Waals surface area contributed by atoms with Crippen LogP contribution in [0.1, 0.15) is 10.5 Å². The summed E-state index contributed by atoms with van der Waals surface area (Å²) in [6.07, 6.45) is 1.51. The maximum absolute atomic E-state index is 10.9. The number of halogens is 2. The highest BCUT2D eigenvalue weighted by Crippen LogP contribution is 2.23. The first-order valence-electron chi connectivity index (χ1n) is 4.93. The monoisotopic (exact) mass is 325 g/mol. The molecule has 18 heavy (non-hydrogen) atoms. The summed E-state index contributed by atoms with van der Waals surface area (Å²) >= 11 is 9.26. The molecule has 1 N–H and O–H groups in total. The summed E-state index contributed by atoms with van der Waals surface area (Å²) in [4.78, 5) is 19.1. The fourth-order valence-electron chi connectivity index (χ4n) is 1.74. The third-order valence-corrected chi connectivity index (χ3v) is 3.29. The molecule has 2 heterocycles. The third kappa shape index (κ3) is 1.65. The number of aromatic carboxylic acids is 1. The fourth-order valence-corrected chi connectivity index (χ4v) is 2.31. The van der Waals surface area contributed by atoms with Gasteiger partial charge in [-0.2, -0.15) is 0 Å². The van der Waals surface area contributed by atoms with Crippen molar-refractivity contribution < 1.29 is 9.90 Å². The number of hydrogen-bond donors (Lipinski definition) is 1. The van der Waals surface area contributed by atoms with Crippen LogP contribution in [0.3, 0.4) is 0 Å². The zero-order valence-corrected chi connectivity index (χ0v) is 11.1. The van der Waals surface area contributed by atoms with Crippen molar-refractivity contribution in [1.82, 2.24) is 14.4 Å². The molecule has 0 saturated carbocycles. The van der Waals surface area contributed by atoms with Crippen LogP contribution in [-0.2, 0) is 0 Å². The second-order valence-corrected chi connectivity index (χ2v) is 4.98. The largest absolute Gasteiger partial charge is 0.476 e. The fraction of sp³-hybridized carbons (Fsp3) is 0. The highest BCUT2D eigenvalue weighted by atomic mass is 79.9. The van der Waals surface area contributed by atoms with E-state index in [4.69, 9.17) is 16.7 Å². The standard InChI is InChI=1S/C11H5BrClN3O2/c12-5-1-2-7-8(3-5)16-4-6(13)9(10(17)18)15-11(16)14-7/h1-4H,(H,17,18). The second-order valence-electron chi connectivity index (χ2n) is 3.66. The predicted molar refractivity (Wildman–Crippen MR) is 70.2 cm³/mol. The van der Waals surface area contributed by atoms with Crippen molar-refractivity contribution in [2.45, 2.75) is 0 Å². The number of aromatic nitrogens is 3. The number of carboxylic acid groups (broad SMARTS) is 1. The number of fused-ring (bicyclic) bond motifs is 3. The van der Waals surface area contributed by atoms with Gasteiger partial charge < -0.3 is 5.11 Å². The Labute approximate surface area is 114 Å². The Bertz CT molecular complexity index is 800. The van der Waals surface area contributed by atoms with Gasteiger partial charge in [0.15, 0.2) is 5.69 Å². The van der Waals surface area contributed by atoms with E-state index in [0.717, 1.165) is 15.5 Å². The van der Waals surface area contributed by atoms with E-state index in [1.807, 2.05) is 18.2 Å². The number of imidazole rings is 1. The van der Waals surface area contributed by atoms with E-state index in [2.05, 4.69) is 25.9 Å². The number of benzene rings is 1. The SMILES string of the molecule is O=C(O)c1nc2nc3ccc(Br)cc3n2cc1Cl. The molecule has 0 radical (unpaired) electrons. The zero-order chi connectivity index (χ0) is 12.9. The molecule has 0 atom stereocenters. The van der Waals surface area contributed by atoms with Crippen LogP contribution in [0.25, 0.3) is 16.8 Å². The van der Waals surface area contributed by atoms with Crippen LogP contribution in [-0.4, -0.2) is 25.4 Å². The lowest BCUT2D eigenvalue weighted by Gasteiger charge is -2.00. The molecule has 0 fully saturated rings. The maximum Gasteiger partial charge on any atom is 0.356 e. The van der Waals surface area contributed by atoms with Gasteiger partial charge in [-0.1, -0.05) is 27.5 Å². The van der Waals surface area contributed by atoms with E-state index < -0.39 is 5.97 Å². The first kappa shape index (κ1) is 11.4. The predicted octanol–water partition coefficient (Wildman–Crippen LogP) is 3.00. The molecule has 90 valence electrons. The molecule has 2 aromatic heterocycles. The van der Waals surface area contributed by atoms with Crippen molar-refractivity contribution in [3.05, 3.63) is 39.6 Å².